The van der Waals surface area contributed by atoms with Crippen LogP contribution in [0.5, 0.6) is 0 Å². The van der Waals surface area contributed by atoms with Crippen LogP contribution in [0.3, 0.4) is 0 Å². The van der Waals surface area contributed by atoms with Crippen LogP contribution < -0.4 is 5.32 Å². The van der Waals surface area contributed by atoms with Crippen LogP contribution >= 0.6 is 0 Å². The van der Waals surface area contributed by atoms with E-state index in [-0.39, 0.29) is 12.5 Å². The summed E-state index contributed by atoms with van der Waals surface area (Å²) in [5.41, 5.74) is 0.291. The second kappa shape index (κ2) is 5.35. The molecule has 0 rings (SSSR count). The lowest BCUT2D eigenvalue weighted by Crippen LogP contribution is -2.28. The van der Waals surface area contributed by atoms with E-state index in [1.54, 1.807) is 6.92 Å². The summed E-state index contributed by atoms with van der Waals surface area (Å²) in [4.78, 5) is 21.5. The Labute approximate surface area is 71.6 Å². The summed E-state index contributed by atoms with van der Waals surface area (Å²) in [6.07, 6.45) is 0. The molecular formula is C8H13NO3. The van der Waals surface area contributed by atoms with Crippen molar-refractivity contribution in [2.24, 2.45) is 0 Å². The van der Waals surface area contributed by atoms with Crippen molar-refractivity contribution in [1.29, 1.82) is 0 Å². The van der Waals surface area contributed by atoms with Crippen molar-refractivity contribution >= 4 is 11.9 Å². The minimum Gasteiger partial charge on any atom is -0.452 e. The lowest BCUT2D eigenvalue weighted by atomic mass is 10.4. The van der Waals surface area contributed by atoms with Gasteiger partial charge in [0.15, 0.2) is 6.61 Å². The molecule has 0 atom stereocenters. The number of carbonyl (C=O) groups is 2. The molecule has 4 heteroatoms. The van der Waals surface area contributed by atoms with Crippen molar-refractivity contribution in [3.8, 4) is 0 Å². The first-order valence-electron chi connectivity index (χ1n) is 3.67. The molecule has 0 saturated carbocycles. The van der Waals surface area contributed by atoms with E-state index in [2.05, 4.69) is 16.6 Å². The van der Waals surface area contributed by atoms with Crippen LogP contribution in [0.4, 0.5) is 0 Å². The highest BCUT2D eigenvalue weighted by Crippen LogP contribution is 1.90. The molecule has 1 N–H and O–H groups in total. The molecule has 0 aliphatic carbocycles. The number of carbonyl (C=O) groups excluding carboxylic acids is 2. The van der Waals surface area contributed by atoms with Gasteiger partial charge in [0, 0.05) is 12.1 Å². The van der Waals surface area contributed by atoms with Gasteiger partial charge in [0.1, 0.15) is 0 Å². The zero-order valence-electron chi connectivity index (χ0n) is 7.35. The third-order valence-electron chi connectivity index (χ3n) is 1.06. The Hall–Kier alpha value is -1.32. The summed E-state index contributed by atoms with van der Waals surface area (Å²) in [6.45, 7) is 6.99. The standard InChI is InChI=1S/C8H13NO3/c1-4-9-7(10)5-12-8(11)6(2)3/h2,4-5H2,1,3H3,(H,9,10). The molecule has 0 aromatic rings. The molecule has 0 heterocycles. The van der Waals surface area contributed by atoms with Crippen molar-refractivity contribution in [1.82, 2.24) is 5.32 Å². The molecule has 0 saturated heterocycles. The highest BCUT2D eigenvalue weighted by Gasteiger charge is 2.05. The van der Waals surface area contributed by atoms with Gasteiger partial charge in [-0.15, -0.1) is 0 Å². The maximum atomic E-state index is 10.8. The van der Waals surface area contributed by atoms with E-state index in [1.165, 1.54) is 6.92 Å². The average molecular weight is 171 g/mol. The summed E-state index contributed by atoms with van der Waals surface area (Å²) in [5.74, 6) is -0.839. The smallest absolute Gasteiger partial charge is 0.333 e. The molecule has 0 bridgehead atoms. The number of rotatable bonds is 4. The van der Waals surface area contributed by atoms with Crippen molar-refractivity contribution in [2.45, 2.75) is 13.8 Å². The highest BCUT2D eigenvalue weighted by atomic mass is 16.5. The number of ether oxygens (including phenoxy) is 1. The van der Waals surface area contributed by atoms with Crippen LogP contribution in [-0.2, 0) is 14.3 Å². The van der Waals surface area contributed by atoms with Gasteiger partial charge in [-0.1, -0.05) is 6.58 Å². The molecule has 1 amide bonds. The van der Waals surface area contributed by atoms with Crippen LogP contribution in [0.15, 0.2) is 12.2 Å². The quantitative estimate of drug-likeness (QED) is 0.487. The maximum Gasteiger partial charge on any atom is 0.333 e. The number of hydrogen-bond donors (Lipinski definition) is 1. The zero-order chi connectivity index (χ0) is 9.56. The lowest BCUT2D eigenvalue weighted by Gasteiger charge is -2.03. The molecule has 0 radical (unpaired) electrons. The van der Waals surface area contributed by atoms with E-state index < -0.39 is 5.97 Å². The predicted molar refractivity (Wildman–Crippen MR) is 44.5 cm³/mol. The molecule has 0 aromatic heterocycles. The van der Waals surface area contributed by atoms with E-state index in [1.807, 2.05) is 0 Å². The topological polar surface area (TPSA) is 55.4 Å². The van der Waals surface area contributed by atoms with Crippen LogP contribution in [0.25, 0.3) is 0 Å². The zero-order valence-corrected chi connectivity index (χ0v) is 7.35. The van der Waals surface area contributed by atoms with E-state index in [4.69, 9.17) is 0 Å². The Morgan fingerprint density at radius 3 is 2.50 bits per heavy atom. The first-order chi connectivity index (χ1) is 5.57. The summed E-state index contributed by atoms with van der Waals surface area (Å²) >= 11 is 0. The molecule has 0 fully saturated rings. The van der Waals surface area contributed by atoms with Crippen LogP contribution in [-0.4, -0.2) is 25.0 Å². The fourth-order valence-corrected chi connectivity index (χ4v) is 0.502. The monoisotopic (exact) mass is 171 g/mol. The lowest BCUT2D eigenvalue weighted by molar-refractivity contribution is -0.144. The Kier molecular flexibility index (Phi) is 4.76. The van der Waals surface area contributed by atoms with Gasteiger partial charge in [0.05, 0.1) is 0 Å². The molecule has 68 valence electrons. The largest absolute Gasteiger partial charge is 0.452 e. The third-order valence-corrected chi connectivity index (χ3v) is 1.06. The number of hydrogen-bond acceptors (Lipinski definition) is 3. The fraction of sp³-hybridized carbons (Fsp3) is 0.500. The average Bonchev–Trinajstić information content (AvgIpc) is 2.00. The second-order valence-corrected chi connectivity index (χ2v) is 2.31. The van der Waals surface area contributed by atoms with Gasteiger partial charge in [0.2, 0.25) is 0 Å². The SMILES string of the molecule is C=C(C)C(=O)OCC(=O)NCC. The summed E-state index contributed by atoms with van der Waals surface area (Å²) in [7, 11) is 0. The van der Waals surface area contributed by atoms with E-state index in [9.17, 15) is 9.59 Å². The van der Waals surface area contributed by atoms with Crippen LogP contribution in [0, 0.1) is 0 Å². The van der Waals surface area contributed by atoms with Crippen molar-refractivity contribution in [3.63, 3.8) is 0 Å². The van der Waals surface area contributed by atoms with Crippen LogP contribution in [0.1, 0.15) is 13.8 Å². The predicted octanol–water partition coefficient (Wildman–Crippen LogP) is 0.242. The summed E-state index contributed by atoms with van der Waals surface area (Å²) < 4.78 is 4.57. The van der Waals surface area contributed by atoms with E-state index in [0.29, 0.717) is 12.1 Å². The first kappa shape index (κ1) is 10.7. The van der Waals surface area contributed by atoms with Crippen molar-refractivity contribution in [3.05, 3.63) is 12.2 Å². The number of likely N-dealkylation sites (N-methyl/N-ethyl adjacent to an activating group) is 1. The van der Waals surface area contributed by atoms with Gasteiger partial charge in [-0.2, -0.15) is 0 Å². The first-order valence-corrected chi connectivity index (χ1v) is 3.67. The minimum atomic E-state index is -0.541. The fourth-order valence-electron chi connectivity index (χ4n) is 0.502. The van der Waals surface area contributed by atoms with Crippen molar-refractivity contribution < 1.29 is 14.3 Å². The summed E-state index contributed by atoms with van der Waals surface area (Å²) in [6, 6.07) is 0. The van der Waals surface area contributed by atoms with Gasteiger partial charge in [-0.3, -0.25) is 4.79 Å². The van der Waals surface area contributed by atoms with Crippen molar-refractivity contribution in [2.75, 3.05) is 13.2 Å². The highest BCUT2D eigenvalue weighted by molar-refractivity contribution is 5.89. The van der Waals surface area contributed by atoms with E-state index in [0.717, 1.165) is 0 Å². The van der Waals surface area contributed by atoms with Crippen LogP contribution in [0.2, 0.25) is 0 Å². The molecule has 0 spiro atoms. The molecule has 0 aliphatic rings. The molecule has 12 heavy (non-hydrogen) atoms. The van der Waals surface area contributed by atoms with Gasteiger partial charge >= 0.3 is 5.97 Å². The number of amides is 1. The summed E-state index contributed by atoms with van der Waals surface area (Å²) in [5, 5.41) is 2.49. The molecule has 0 aliphatic heterocycles. The number of nitrogens with one attached hydrogen (secondary N) is 1. The normalized spacial score (nSPS) is 8.83. The van der Waals surface area contributed by atoms with E-state index >= 15 is 0 Å². The Bertz CT molecular complexity index is 198. The van der Waals surface area contributed by atoms with Gasteiger partial charge in [0.25, 0.3) is 5.91 Å². The Morgan fingerprint density at radius 2 is 2.08 bits per heavy atom. The molecule has 0 aromatic carbocycles. The minimum absolute atomic E-state index is 0.237. The van der Waals surface area contributed by atoms with Gasteiger partial charge in [-0.05, 0) is 13.8 Å². The molecule has 4 nitrogen and oxygen atoms in total. The second-order valence-electron chi connectivity index (χ2n) is 2.31. The maximum absolute atomic E-state index is 10.8. The molecular weight excluding hydrogens is 158 g/mol. The number of esters is 1. The Balaban J connectivity index is 3.61. The van der Waals surface area contributed by atoms with Gasteiger partial charge < -0.3 is 10.1 Å². The Morgan fingerprint density at radius 1 is 1.50 bits per heavy atom. The third kappa shape index (κ3) is 4.49. The van der Waals surface area contributed by atoms with Gasteiger partial charge in [-0.25, -0.2) is 4.79 Å². The molecule has 0 unspecified atom stereocenters.